The van der Waals surface area contributed by atoms with Crippen LogP contribution in [0.1, 0.15) is 60.3 Å². The molecule has 0 bridgehead atoms. The second-order valence-corrected chi connectivity index (χ2v) is 5.22. The summed E-state index contributed by atoms with van der Waals surface area (Å²) in [6.07, 6.45) is 6.21. The summed E-state index contributed by atoms with van der Waals surface area (Å²) in [6, 6.07) is 0. The van der Waals surface area contributed by atoms with Crippen molar-refractivity contribution in [1.29, 1.82) is 0 Å². The third-order valence-corrected chi connectivity index (χ3v) is 4.03. The molecule has 82 valence electrons. The molecule has 1 aliphatic rings. The van der Waals surface area contributed by atoms with Gasteiger partial charge in [0.25, 0.3) is 0 Å². The first-order valence-electron chi connectivity index (χ1n) is 5.45. The van der Waals surface area contributed by atoms with Gasteiger partial charge in [0.1, 0.15) is 5.69 Å². The average Bonchev–Trinajstić information content (AvgIpc) is 2.62. The van der Waals surface area contributed by atoms with Crippen molar-refractivity contribution in [2.45, 2.75) is 44.9 Å². The molecule has 4 heteroatoms. The Morgan fingerprint density at radius 3 is 2.67 bits per heavy atom. The van der Waals surface area contributed by atoms with Crippen LogP contribution in [-0.2, 0) is 0 Å². The largest absolute Gasteiger partial charge is 0.375 e. The van der Waals surface area contributed by atoms with Crippen LogP contribution in [0.15, 0.2) is 0 Å². The third-order valence-electron chi connectivity index (χ3n) is 2.98. The molecule has 1 heterocycles. The Kier molecular flexibility index (Phi) is 3.05. The van der Waals surface area contributed by atoms with Crippen molar-refractivity contribution in [2.75, 3.05) is 5.73 Å². The van der Waals surface area contributed by atoms with Gasteiger partial charge < -0.3 is 5.73 Å². The topological polar surface area (TPSA) is 56.0 Å². The molecule has 1 aliphatic carbocycles. The summed E-state index contributed by atoms with van der Waals surface area (Å²) < 4.78 is 0. The second-order valence-electron chi connectivity index (χ2n) is 4.16. The van der Waals surface area contributed by atoms with Gasteiger partial charge in [0.05, 0.1) is 0 Å². The molecule has 0 aromatic carbocycles. The van der Waals surface area contributed by atoms with Gasteiger partial charge in [-0.3, -0.25) is 4.79 Å². The monoisotopic (exact) mass is 224 g/mol. The minimum absolute atomic E-state index is 0.0449. The molecule has 2 rings (SSSR count). The van der Waals surface area contributed by atoms with Crippen LogP contribution < -0.4 is 5.73 Å². The lowest BCUT2D eigenvalue weighted by Crippen LogP contribution is -2.07. The predicted octanol–water partition coefficient (Wildman–Crippen LogP) is 2.98. The molecule has 0 spiro atoms. The van der Waals surface area contributed by atoms with Gasteiger partial charge in [0.15, 0.2) is 10.9 Å². The first-order chi connectivity index (χ1) is 7.18. The number of nitrogens with zero attached hydrogens (tertiary/aromatic N) is 1. The molecule has 0 radical (unpaired) electrons. The summed E-state index contributed by atoms with van der Waals surface area (Å²) in [5, 5.41) is 0.528. The van der Waals surface area contributed by atoms with E-state index in [0.717, 1.165) is 4.88 Å². The van der Waals surface area contributed by atoms with Crippen molar-refractivity contribution in [1.82, 2.24) is 4.98 Å². The van der Waals surface area contributed by atoms with E-state index < -0.39 is 0 Å². The number of nitrogens with two attached hydrogens (primary N) is 1. The number of Topliss-reactive ketones (excluding diaryl/α,β-unsaturated/α-hetero) is 1. The van der Waals surface area contributed by atoms with E-state index in [-0.39, 0.29) is 5.78 Å². The zero-order valence-corrected chi connectivity index (χ0v) is 9.77. The molecular weight excluding hydrogens is 208 g/mol. The standard InChI is InChI=1S/C11H16N2OS/c1-7(14)9-10(15-11(12)13-9)8-5-3-2-4-6-8/h8H,2-6H2,1H3,(H2,12,13). The molecule has 1 fully saturated rings. The molecule has 0 aliphatic heterocycles. The highest BCUT2D eigenvalue weighted by molar-refractivity contribution is 7.15. The SMILES string of the molecule is CC(=O)c1nc(N)sc1C1CCCCC1. The summed E-state index contributed by atoms with van der Waals surface area (Å²) in [6.45, 7) is 1.57. The lowest BCUT2D eigenvalue weighted by atomic mass is 9.87. The van der Waals surface area contributed by atoms with Crippen molar-refractivity contribution in [3.8, 4) is 0 Å². The fourth-order valence-corrected chi connectivity index (χ4v) is 3.29. The van der Waals surface area contributed by atoms with Gasteiger partial charge in [-0.2, -0.15) is 0 Å². The highest BCUT2D eigenvalue weighted by atomic mass is 32.1. The van der Waals surface area contributed by atoms with Crippen LogP contribution >= 0.6 is 11.3 Å². The van der Waals surface area contributed by atoms with Gasteiger partial charge in [0.2, 0.25) is 0 Å². The molecule has 0 saturated heterocycles. The smallest absolute Gasteiger partial charge is 0.180 e. The van der Waals surface area contributed by atoms with Crippen LogP contribution in [0.2, 0.25) is 0 Å². The van der Waals surface area contributed by atoms with E-state index in [2.05, 4.69) is 4.98 Å². The van der Waals surface area contributed by atoms with Crippen LogP contribution in [-0.4, -0.2) is 10.8 Å². The van der Waals surface area contributed by atoms with Crippen molar-refractivity contribution >= 4 is 22.3 Å². The normalized spacial score (nSPS) is 17.9. The third kappa shape index (κ3) is 2.20. The number of hydrogen-bond acceptors (Lipinski definition) is 4. The maximum Gasteiger partial charge on any atom is 0.180 e. The highest BCUT2D eigenvalue weighted by Crippen LogP contribution is 2.38. The quantitative estimate of drug-likeness (QED) is 0.786. The Bertz CT molecular complexity index is 367. The number of ketones is 1. The molecule has 1 aromatic rings. The van der Waals surface area contributed by atoms with Crippen LogP contribution in [0.3, 0.4) is 0 Å². The van der Waals surface area contributed by atoms with Crippen molar-refractivity contribution in [3.63, 3.8) is 0 Å². The van der Waals surface area contributed by atoms with E-state index in [0.29, 0.717) is 16.7 Å². The van der Waals surface area contributed by atoms with E-state index in [1.807, 2.05) is 0 Å². The van der Waals surface area contributed by atoms with Gasteiger partial charge in [-0.05, 0) is 18.8 Å². The summed E-state index contributed by atoms with van der Waals surface area (Å²) >= 11 is 1.50. The lowest BCUT2D eigenvalue weighted by molar-refractivity contribution is 0.101. The Balaban J connectivity index is 2.28. The minimum Gasteiger partial charge on any atom is -0.375 e. The number of hydrogen-bond donors (Lipinski definition) is 1. The summed E-state index contributed by atoms with van der Waals surface area (Å²) in [5.41, 5.74) is 6.29. The van der Waals surface area contributed by atoms with Gasteiger partial charge >= 0.3 is 0 Å². The van der Waals surface area contributed by atoms with Crippen LogP contribution in [0.25, 0.3) is 0 Å². The Hall–Kier alpha value is -0.900. The maximum atomic E-state index is 11.4. The lowest BCUT2D eigenvalue weighted by Gasteiger charge is -2.20. The Morgan fingerprint density at radius 2 is 2.07 bits per heavy atom. The fraction of sp³-hybridized carbons (Fsp3) is 0.636. The van der Waals surface area contributed by atoms with Crippen LogP contribution in [0.4, 0.5) is 5.13 Å². The molecule has 0 atom stereocenters. The molecule has 1 saturated carbocycles. The number of carbonyl (C=O) groups is 1. The van der Waals surface area contributed by atoms with Gasteiger partial charge in [-0.1, -0.05) is 19.3 Å². The average molecular weight is 224 g/mol. The number of aromatic nitrogens is 1. The van der Waals surface area contributed by atoms with Gasteiger partial charge in [-0.15, -0.1) is 11.3 Å². The van der Waals surface area contributed by atoms with Gasteiger partial charge in [0, 0.05) is 11.8 Å². The minimum atomic E-state index is 0.0449. The first-order valence-corrected chi connectivity index (χ1v) is 6.27. The van der Waals surface area contributed by atoms with E-state index in [1.54, 1.807) is 6.92 Å². The number of nitrogen functional groups attached to an aromatic ring is 1. The molecule has 15 heavy (non-hydrogen) atoms. The number of anilines is 1. The summed E-state index contributed by atoms with van der Waals surface area (Å²) in [7, 11) is 0. The molecule has 0 unspecified atom stereocenters. The van der Waals surface area contributed by atoms with Gasteiger partial charge in [-0.25, -0.2) is 4.98 Å². The maximum absolute atomic E-state index is 11.4. The predicted molar refractivity (Wildman–Crippen MR) is 62.4 cm³/mol. The second kappa shape index (κ2) is 4.31. The van der Waals surface area contributed by atoms with Crippen molar-refractivity contribution in [3.05, 3.63) is 10.6 Å². The zero-order valence-electron chi connectivity index (χ0n) is 8.95. The molecular formula is C11H16N2OS. The fourth-order valence-electron chi connectivity index (χ4n) is 2.24. The molecule has 0 amide bonds. The van der Waals surface area contributed by atoms with E-state index in [4.69, 9.17) is 5.73 Å². The number of thiazole rings is 1. The summed E-state index contributed by atoms with van der Waals surface area (Å²) in [5.74, 6) is 0.566. The Morgan fingerprint density at radius 1 is 1.40 bits per heavy atom. The van der Waals surface area contributed by atoms with Crippen LogP contribution in [0, 0.1) is 0 Å². The highest BCUT2D eigenvalue weighted by Gasteiger charge is 2.23. The molecule has 2 N–H and O–H groups in total. The first kappa shape index (κ1) is 10.6. The Labute approximate surface area is 93.7 Å². The van der Waals surface area contributed by atoms with Crippen molar-refractivity contribution in [2.24, 2.45) is 0 Å². The van der Waals surface area contributed by atoms with Crippen molar-refractivity contribution < 1.29 is 4.79 Å². The van der Waals surface area contributed by atoms with E-state index in [1.165, 1.54) is 43.4 Å². The van der Waals surface area contributed by atoms with E-state index in [9.17, 15) is 4.79 Å². The number of rotatable bonds is 2. The van der Waals surface area contributed by atoms with Crippen LogP contribution in [0.5, 0.6) is 0 Å². The summed E-state index contributed by atoms with van der Waals surface area (Å²) in [4.78, 5) is 16.7. The molecule has 3 nitrogen and oxygen atoms in total. The molecule has 1 aromatic heterocycles. The zero-order chi connectivity index (χ0) is 10.8. The van der Waals surface area contributed by atoms with E-state index >= 15 is 0 Å². The number of carbonyl (C=O) groups excluding carboxylic acids is 1.